The van der Waals surface area contributed by atoms with E-state index in [1.54, 1.807) is 6.39 Å². The minimum Gasteiger partial charge on any atom is -0.448 e. The molecular weight excluding hydrogens is 176 g/mol. The van der Waals surface area contributed by atoms with Gasteiger partial charge in [-0.1, -0.05) is 13.8 Å². The number of likely N-dealkylation sites (N-methyl/N-ethyl adjacent to an activating group) is 1. The van der Waals surface area contributed by atoms with Crippen LogP contribution >= 0.6 is 0 Å². The van der Waals surface area contributed by atoms with Gasteiger partial charge in [0.15, 0.2) is 6.39 Å². The van der Waals surface area contributed by atoms with E-state index in [9.17, 15) is 0 Å². The standard InChI is InChI=1S/C11H18N2O/c1-11(2)4-8(6-12-3)10-9(5-11)13-7-14-10/h7-8,12H,4-6H2,1-3H3. The SMILES string of the molecule is CNCC1CC(C)(C)Cc2ncoc21. The molecule has 0 saturated heterocycles. The summed E-state index contributed by atoms with van der Waals surface area (Å²) in [7, 11) is 1.98. The average molecular weight is 194 g/mol. The molecule has 2 rings (SSSR count). The molecule has 3 heteroatoms. The van der Waals surface area contributed by atoms with Gasteiger partial charge >= 0.3 is 0 Å². The van der Waals surface area contributed by atoms with Crippen molar-refractivity contribution in [3.63, 3.8) is 0 Å². The molecule has 0 fully saturated rings. The predicted molar refractivity (Wildman–Crippen MR) is 55.3 cm³/mol. The molecule has 0 saturated carbocycles. The van der Waals surface area contributed by atoms with E-state index in [1.807, 2.05) is 7.05 Å². The molecule has 1 aliphatic rings. The van der Waals surface area contributed by atoms with Crippen LogP contribution in [-0.4, -0.2) is 18.6 Å². The van der Waals surface area contributed by atoms with Crippen molar-refractivity contribution in [1.82, 2.24) is 10.3 Å². The Morgan fingerprint density at radius 1 is 1.64 bits per heavy atom. The summed E-state index contributed by atoms with van der Waals surface area (Å²) in [5.74, 6) is 1.58. The maximum absolute atomic E-state index is 5.46. The van der Waals surface area contributed by atoms with Gasteiger partial charge in [-0.05, 0) is 25.3 Å². The lowest BCUT2D eigenvalue weighted by Gasteiger charge is -2.33. The van der Waals surface area contributed by atoms with Crippen LogP contribution in [0, 0.1) is 5.41 Å². The van der Waals surface area contributed by atoms with Crippen molar-refractivity contribution in [3.05, 3.63) is 17.8 Å². The third kappa shape index (κ3) is 1.69. The summed E-state index contributed by atoms with van der Waals surface area (Å²) < 4.78 is 5.46. The molecule has 1 unspecified atom stereocenters. The Bertz CT molecular complexity index is 317. The van der Waals surface area contributed by atoms with Gasteiger partial charge in [0.05, 0.1) is 5.69 Å². The Balaban J connectivity index is 2.28. The lowest BCUT2D eigenvalue weighted by Crippen LogP contribution is -2.30. The molecule has 0 bridgehead atoms. The summed E-state index contributed by atoms with van der Waals surface area (Å²) in [6, 6.07) is 0. The number of aromatic nitrogens is 1. The molecule has 0 aliphatic heterocycles. The quantitative estimate of drug-likeness (QED) is 0.782. The van der Waals surface area contributed by atoms with Crippen LogP contribution in [0.3, 0.4) is 0 Å². The van der Waals surface area contributed by atoms with E-state index in [1.165, 1.54) is 6.42 Å². The summed E-state index contributed by atoms with van der Waals surface area (Å²) >= 11 is 0. The van der Waals surface area contributed by atoms with Crippen molar-refractivity contribution in [3.8, 4) is 0 Å². The summed E-state index contributed by atoms with van der Waals surface area (Å²) in [6.07, 6.45) is 3.80. The van der Waals surface area contributed by atoms with Crippen molar-refractivity contribution < 1.29 is 4.42 Å². The Hall–Kier alpha value is -0.830. The second kappa shape index (κ2) is 3.39. The van der Waals surface area contributed by atoms with Crippen LogP contribution in [0.1, 0.15) is 37.6 Å². The first-order valence-corrected chi connectivity index (χ1v) is 5.19. The molecular formula is C11H18N2O. The maximum Gasteiger partial charge on any atom is 0.181 e. The monoisotopic (exact) mass is 194 g/mol. The number of hydrogen-bond donors (Lipinski definition) is 1. The minimum atomic E-state index is 0.353. The number of oxazole rings is 1. The summed E-state index contributed by atoms with van der Waals surface area (Å²) in [5.41, 5.74) is 1.51. The van der Waals surface area contributed by atoms with E-state index < -0.39 is 0 Å². The molecule has 0 radical (unpaired) electrons. The molecule has 1 atom stereocenters. The van der Waals surface area contributed by atoms with Crippen LogP contribution in [-0.2, 0) is 6.42 Å². The van der Waals surface area contributed by atoms with Gasteiger partial charge in [0.1, 0.15) is 5.76 Å². The molecule has 3 nitrogen and oxygen atoms in total. The summed E-state index contributed by atoms with van der Waals surface area (Å²) in [4.78, 5) is 4.29. The molecule has 1 N–H and O–H groups in total. The molecule has 0 aromatic carbocycles. The zero-order chi connectivity index (χ0) is 10.2. The highest BCUT2D eigenvalue weighted by atomic mass is 16.3. The summed E-state index contributed by atoms with van der Waals surface area (Å²) in [6.45, 7) is 5.58. The van der Waals surface area contributed by atoms with Crippen molar-refractivity contribution in [2.24, 2.45) is 5.41 Å². The zero-order valence-corrected chi connectivity index (χ0v) is 9.13. The lowest BCUT2D eigenvalue weighted by atomic mass is 9.73. The molecule has 1 heterocycles. The maximum atomic E-state index is 5.46. The normalized spacial score (nSPS) is 24.6. The highest BCUT2D eigenvalue weighted by molar-refractivity contribution is 5.19. The molecule has 1 aromatic heterocycles. The second-order valence-electron chi connectivity index (χ2n) is 4.96. The third-order valence-corrected chi connectivity index (χ3v) is 2.94. The molecule has 78 valence electrons. The van der Waals surface area contributed by atoms with Gasteiger partial charge in [-0.2, -0.15) is 0 Å². The fourth-order valence-electron chi connectivity index (χ4n) is 2.44. The van der Waals surface area contributed by atoms with Crippen molar-refractivity contribution in [2.45, 2.75) is 32.6 Å². The van der Waals surface area contributed by atoms with Crippen molar-refractivity contribution >= 4 is 0 Å². The minimum absolute atomic E-state index is 0.353. The van der Waals surface area contributed by atoms with Crippen molar-refractivity contribution in [2.75, 3.05) is 13.6 Å². The smallest absolute Gasteiger partial charge is 0.181 e. The van der Waals surface area contributed by atoms with Crippen LogP contribution in [0.15, 0.2) is 10.8 Å². The highest BCUT2D eigenvalue weighted by Gasteiger charge is 2.34. The fourth-order valence-corrected chi connectivity index (χ4v) is 2.44. The zero-order valence-electron chi connectivity index (χ0n) is 9.13. The van der Waals surface area contributed by atoms with E-state index in [4.69, 9.17) is 4.42 Å². The Morgan fingerprint density at radius 3 is 3.14 bits per heavy atom. The molecule has 1 aliphatic carbocycles. The van der Waals surface area contributed by atoms with E-state index in [0.29, 0.717) is 11.3 Å². The third-order valence-electron chi connectivity index (χ3n) is 2.94. The van der Waals surface area contributed by atoms with Crippen LogP contribution in [0.5, 0.6) is 0 Å². The molecule has 1 aromatic rings. The van der Waals surface area contributed by atoms with Crippen LogP contribution in [0.2, 0.25) is 0 Å². The molecule has 0 spiro atoms. The number of nitrogens with one attached hydrogen (secondary N) is 1. The highest BCUT2D eigenvalue weighted by Crippen LogP contribution is 2.40. The van der Waals surface area contributed by atoms with Gasteiger partial charge in [0.2, 0.25) is 0 Å². The Labute approximate surface area is 84.9 Å². The number of nitrogens with zero attached hydrogens (tertiary/aromatic N) is 1. The van der Waals surface area contributed by atoms with Gasteiger partial charge in [0, 0.05) is 12.5 Å². The average Bonchev–Trinajstić information content (AvgIpc) is 2.50. The van der Waals surface area contributed by atoms with Crippen LogP contribution < -0.4 is 5.32 Å². The predicted octanol–water partition coefficient (Wildman–Crippen LogP) is 1.95. The first-order valence-electron chi connectivity index (χ1n) is 5.19. The number of fused-ring (bicyclic) bond motifs is 1. The number of hydrogen-bond acceptors (Lipinski definition) is 3. The topological polar surface area (TPSA) is 38.1 Å². The van der Waals surface area contributed by atoms with E-state index in [2.05, 4.69) is 24.1 Å². The van der Waals surface area contributed by atoms with Gasteiger partial charge in [0.25, 0.3) is 0 Å². The van der Waals surface area contributed by atoms with Gasteiger partial charge in [-0.3, -0.25) is 0 Å². The first kappa shape index (κ1) is 9.71. The molecule has 0 amide bonds. The second-order valence-corrected chi connectivity index (χ2v) is 4.96. The lowest BCUT2D eigenvalue weighted by molar-refractivity contribution is 0.252. The molecule has 14 heavy (non-hydrogen) atoms. The van der Waals surface area contributed by atoms with Gasteiger partial charge in [-0.25, -0.2) is 4.98 Å². The van der Waals surface area contributed by atoms with Crippen LogP contribution in [0.4, 0.5) is 0 Å². The number of rotatable bonds is 2. The van der Waals surface area contributed by atoms with E-state index >= 15 is 0 Å². The van der Waals surface area contributed by atoms with Gasteiger partial charge < -0.3 is 9.73 Å². The van der Waals surface area contributed by atoms with Gasteiger partial charge in [-0.15, -0.1) is 0 Å². The van der Waals surface area contributed by atoms with Crippen molar-refractivity contribution in [1.29, 1.82) is 0 Å². The summed E-state index contributed by atoms with van der Waals surface area (Å²) in [5, 5.41) is 3.22. The largest absolute Gasteiger partial charge is 0.448 e. The van der Waals surface area contributed by atoms with Crippen LogP contribution in [0.25, 0.3) is 0 Å². The fraction of sp³-hybridized carbons (Fsp3) is 0.727. The Kier molecular flexibility index (Phi) is 2.35. The van der Waals surface area contributed by atoms with E-state index in [-0.39, 0.29) is 0 Å². The first-order chi connectivity index (χ1) is 6.62. The van der Waals surface area contributed by atoms with E-state index in [0.717, 1.165) is 24.4 Å². The Morgan fingerprint density at radius 2 is 2.43 bits per heavy atom.